The lowest BCUT2D eigenvalue weighted by atomic mass is 9.87. The lowest BCUT2D eigenvalue weighted by molar-refractivity contribution is 0.279. The van der Waals surface area contributed by atoms with Crippen LogP contribution < -0.4 is 11.5 Å². The van der Waals surface area contributed by atoms with Crippen LogP contribution in [0.2, 0.25) is 0 Å². The quantitative estimate of drug-likeness (QED) is 0.647. The monoisotopic (exact) mass is 170 g/mol. The average molecular weight is 170 g/mol. The van der Waals surface area contributed by atoms with Gasteiger partial charge in [-0.25, -0.2) is 0 Å². The summed E-state index contributed by atoms with van der Waals surface area (Å²) in [6, 6.07) is -0.216. The highest BCUT2D eigenvalue weighted by Gasteiger charge is 2.26. The van der Waals surface area contributed by atoms with Gasteiger partial charge in [-0.2, -0.15) is 0 Å². The Hall–Kier alpha value is -1.10. The number of anilines is 1. The fourth-order valence-corrected chi connectivity index (χ4v) is 0.743. The van der Waals surface area contributed by atoms with Crippen LogP contribution in [0.25, 0.3) is 0 Å². The predicted octanol–water partition coefficient (Wildman–Crippen LogP) is 0.698. The Morgan fingerprint density at radius 2 is 1.92 bits per heavy atom. The van der Waals surface area contributed by atoms with E-state index in [1.807, 2.05) is 20.8 Å². The van der Waals surface area contributed by atoms with Gasteiger partial charge in [-0.1, -0.05) is 25.9 Å². The summed E-state index contributed by atoms with van der Waals surface area (Å²) in [5.41, 5.74) is 11.0. The second kappa shape index (κ2) is 2.75. The van der Waals surface area contributed by atoms with Gasteiger partial charge < -0.3 is 15.9 Å². The van der Waals surface area contributed by atoms with E-state index in [0.717, 1.165) is 0 Å². The normalized spacial score (nSPS) is 14.7. The third-order valence-corrected chi connectivity index (χ3v) is 1.66. The van der Waals surface area contributed by atoms with Crippen LogP contribution in [0.15, 0.2) is 4.42 Å². The third-order valence-electron chi connectivity index (χ3n) is 1.66. The highest BCUT2D eigenvalue weighted by Crippen LogP contribution is 2.29. The first-order valence-electron chi connectivity index (χ1n) is 3.75. The molecule has 1 rings (SSSR count). The standard InChI is InChI=1S/C7H14N4O/c1-7(2,3)4(8)5-10-11-6(9)12-5/h4H,8H2,1-3H3,(H2,9,11). The van der Waals surface area contributed by atoms with Gasteiger partial charge in [-0.05, 0) is 5.41 Å². The zero-order valence-electron chi connectivity index (χ0n) is 7.53. The van der Waals surface area contributed by atoms with Gasteiger partial charge in [0.2, 0.25) is 5.89 Å². The minimum Gasteiger partial charge on any atom is -0.407 e. The molecule has 0 radical (unpaired) electrons. The SMILES string of the molecule is CC(C)(C)C(N)c1nnc(N)o1. The molecule has 1 atom stereocenters. The Labute approximate surface area is 71.1 Å². The molecule has 1 heterocycles. The molecule has 68 valence electrons. The second-order valence-electron chi connectivity index (χ2n) is 3.82. The molecular formula is C7H14N4O. The van der Waals surface area contributed by atoms with Crippen molar-refractivity contribution in [3.05, 3.63) is 5.89 Å². The number of nitrogen functional groups attached to an aromatic ring is 1. The van der Waals surface area contributed by atoms with Crippen molar-refractivity contribution in [1.29, 1.82) is 0 Å². The maximum absolute atomic E-state index is 5.83. The van der Waals surface area contributed by atoms with E-state index in [1.165, 1.54) is 0 Å². The highest BCUT2D eigenvalue weighted by atomic mass is 16.4. The van der Waals surface area contributed by atoms with E-state index in [1.54, 1.807) is 0 Å². The molecule has 0 aliphatic carbocycles. The molecule has 1 aromatic rings. The van der Waals surface area contributed by atoms with Gasteiger partial charge in [0.15, 0.2) is 0 Å². The molecule has 5 nitrogen and oxygen atoms in total. The van der Waals surface area contributed by atoms with Gasteiger partial charge in [-0.3, -0.25) is 0 Å². The molecule has 4 N–H and O–H groups in total. The van der Waals surface area contributed by atoms with Gasteiger partial charge in [0.25, 0.3) is 0 Å². The Morgan fingerprint density at radius 3 is 2.25 bits per heavy atom. The van der Waals surface area contributed by atoms with Gasteiger partial charge in [0.05, 0.1) is 6.04 Å². The topological polar surface area (TPSA) is 91.0 Å². The molecule has 0 spiro atoms. The Balaban J connectivity index is 2.85. The van der Waals surface area contributed by atoms with Crippen molar-refractivity contribution in [3.63, 3.8) is 0 Å². The van der Waals surface area contributed by atoms with Gasteiger partial charge in [0, 0.05) is 0 Å². The summed E-state index contributed by atoms with van der Waals surface area (Å²) >= 11 is 0. The summed E-state index contributed by atoms with van der Waals surface area (Å²) in [6.45, 7) is 5.99. The van der Waals surface area contributed by atoms with Gasteiger partial charge in [0.1, 0.15) is 0 Å². The van der Waals surface area contributed by atoms with Crippen LogP contribution in [0.4, 0.5) is 6.01 Å². The Bertz CT molecular complexity index is 263. The smallest absolute Gasteiger partial charge is 0.312 e. The maximum Gasteiger partial charge on any atom is 0.312 e. The van der Waals surface area contributed by atoms with Gasteiger partial charge >= 0.3 is 6.01 Å². The predicted molar refractivity (Wildman–Crippen MR) is 45.1 cm³/mol. The zero-order valence-corrected chi connectivity index (χ0v) is 7.53. The lowest BCUT2D eigenvalue weighted by Crippen LogP contribution is -2.26. The van der Waals surface area contributed by atoms with Crippen LogP contribution in [-0.2, 0) is 0 Å². The van der Waals surface area contributed by atoms with Crippen LogP contribution in [0.5, 0.6) is 0 Å². The van der Waals surface area contributed by atoms with E-state index in [-0.39, 0.29) is 17.5 Å². The molecule has 0 saturated heterocycles. The fourth-order valence-electron chi connectivity index (χ4n) is 0.743. The van der Waals surface area contributed by atoms with Crippen molar-refractivity contribution < 1.29 is 4.42 Å². The largest absolute Gasteiger partial charge is 0.407 e. The number of nitrogens with two attached hydrogens (primary N) is 2. The van der Waals surface area contributed by atoms with E-state index in [2.05, 4.69) is 10.2 Å². The van der Waals surface area contributed by atoms with Crippen molar-refractivity contribution in [2.45, 2.75) is 26.8 Å². The molecule has 1 aromatic heterocycles. The molecular weight excluding hydrogens is 156 g/mol. The number of rotatable bonds is 1. The summed E-state index contributed by atoms with van der Waals surface area (Å²) in [5.74, 6) is 0.389. The molecule has 0 saturated carbocycles. The van der Waals surface area contributed by atoms with Crippen molar-refractivity contribution in [1.82, 2.24) is 10.2 Å². The van der Waals surface area contributed by atoms with Crippen LogP contribution in [0, 0.1) is 5.41 Å². The molecule has 0 amide bonds. The number of nitrogens with zero attached hydrogens (tertiary/aromatic N) is 2. The molecule has 0 aromatic carbocycles. The Kier molecular flexibility index (Phi) is 2.06. The summed E-state index contributed by atoms with van der Waals surface area (Å²) in [5, 5.41) is 7.25. The first-order valence-corrected chi connectivity index (χ1v) is 3.75. The highest BCUT2D eigenvalue weighted by molar-refractivity contribution is 5.07. The second-order valence-corrected chi connectivity index (χ2v) is 3.82. The first-order chi connectivity index (χ1) is 5.41. The van der Waals surface area contributed by atoms with Crippen molar-refractivity contribution in [2.24, 2.45) is 11.1 Å². The molecule has 1 unspecified atom stereocenters. The third kappa shape index (κ3) is 1.73. The molecule has 0 fully saturated rings. The first kappa shape index (κ1) is 8.99. The van der Waals surface area contributed by atoms with Crippen LogP contribution >= 0.6 is 0 Å². The summed E-state index contributed by atoms with van der Waals surface area (Å²) in [4.78, 5) is 0. The zero-order chi connectivity index (χ0) is 9.35. The fraction of sp³-hybridized carbons (Fsp3) is 0.714. The molecule has 0 aliphatic rings. The molecule has 5 heteroatoms. The summed E-state index contributed by atoms with van der Waals surface area (Å²) in [7, 11) is 0. The number of hydrogen-bond donors (Lipinski definition) is 2. The molecule has 0 bridgehead atoms. The van der Waals surface area contributed by atoms with E-state index in [4.69, 9.17) is 15.9 Å². The summed E-state index contributed by atoms with van der Waals surface area (Å²) in [6.07, 6.45) is 0. The van der Waals surface area contributed by atoms with E-state index in [0.29, 0.717) is 5.89 Å². The summed E-state index contributed by atoms with van der Waals surface area (Å²) < 4.78 is 5.00. The minimum absolute atomic E-state index is 0.0599. The van der Waals surface area contributed by atoms with Crippen molar-refractivity contribution >= 4 is 6.01 Å². The number of aromatic nitrogens is 2. The van der Waals surface area contributed by atoms with E-state index >= 15 is 0 Å². The van der Waals surface area contributed by atoms with Crippen molar-refractivity contribution in [2.75, 3.05) is 5.73 Å². The van der Waals surface area contributed by atoms with Crippen LogP contribution in [-0.4, -0.2) is 10.2 Å². The Morgan fingerprint density at radius 1 is 1.33 bits per heavy atom. The van der Waals surface area contributed by atoms with E-state index in [9.17, 15) is 0 Å². The van der Waals surface area contributed by atoms with Gasteiger partial charge in [-0.15, -0.1) is 5.10 Å². The minimum atomic E-state index is -0.276. The van der Waals surface area contributed by atoms with Crippen LogP contribution in [0.3, 0.4) is 0 Å². The molecule has 0 aliphatic heterocycles. The lowest BCUT2D eigenvalue weighted by Gasteiger charge is -2.23. The van der Waals surface area contributed by atoms with Crippen LogP contribution in [0.1, 0.15) is 32.7 Å². The molecule has 12 heavy (non-hydrogen) atoms. The van der Waals surface area contributed by atoms with Crippen molar-refractivity contribution in [3.8, 4) is 0 Å². The number of hydrogen-bond acceptors (Lipinski definition) is 5. The average Bonchev–Trinajstić information content (AvgIpc) is 2.32. The van der Waals surface area contributed by atoms with E-state index < -0.39 is 0 Å². The maximum atomic E-state index is 5.83.